The largest absolute Gasteiger partial charge is 0.459 e. The highest BCUT2D eigenvalue weighted by Crippen LogP contribution is 2.27. The average molecular weight is 329 g/mol. The fourth-order valence-corrected chi connectivity index (χ4v) is 3.13. The van der Waals surface area contributed by atoms with Crippen molar-refractivity contribution in [2.45, 2.75) is 19.4 Å². The summed E-state index contributed by atoms with van der Waals surface area (Å²) in [6, 6.07) is 9.62. The fourth-order valence-electron chi connectivity index (χ4n) is 3.13. The smallest absolute Gasteiger partial charge is 0.237 e. The van der Waals surface area contributed by atoms with Gasteiger partial charge < -0.3 is 15.1 Å². The van der Waals surface area contributed by atoms with E-state index in [1.165, 1.54) is 0 Å². The van der Waals surface area contributed by atoms with Gasteiger partial charge in [0, 0.05) is 19.0 Å². The molecule has 0 aliphatic carbocycles. The number of nitrogens with two attached hydrogens (primary N) is 1. The van der Waals surface area contributed by atoms with Crippen molar-refractivity contribution in [2.75, 3.05) is 26.7 Å². The van der Waals surface area contributed by atoms with Crippen LogP contribution in [0.4, 0.5) is 0 Å². The molecule has 0 radical (unpaired) electrons. The summed E-state index contributed by atoms with van der Waals surface area (Å²) < 4.78 is 5.85. The maximum atomic E-state index is 12.5. The lowest BCUT2D eigenvalue weighted by Gasteiger charge is -2.25. The normalized spacial score (nSPS) is 19.5. The molecule has 2 aromatic rings. The predicted molar refractivity (Wildman–Crippen MR) is 91.1 cm³/mol. The van der Waals surface area contributed by atoms with Crippen molar-refractivity contribution in [3.63, 3.8) is 0 Å². The molecule has 6 nitrogen and oxygen atoms in total. The number of fused-ring (bicyclic) bond motifs is 1. The number of primary amides is 1. The van der Waals surface area contributed by atoms with E-state index in [-0.39, 0.29) is 23.8 Å². The number of amides is 2. The number of rotatable bonds is 5. The molecule has 2 heterocycles. The SMILES string of the molecule is C[C@@H](c1cc2ccccc2o1)N(C)C(=O)CN1CC[C@H](C(N)=O)C1. The summed E-state index contributed by atoms with van der Waals surface area (Å²) in [4.78, 5) is 27.4. The zero-order chi connectivity index (χ0) is 17.3. The molecule has 3 rings (SSSR count). The summed E-state index contributed by atoms with van der Waals surface area (Å²) in [5, 5.41) is 1.03. The standard InChI is InChI=1S/C18H23N3O3/c1-12(16-9-13-5-3-4-6-15(13)24-16)20(2)17(22)11-21-8-7-14(10-21)18(19)23/h3-6,9,12,14H,7-8,10-11H2,1-2H3,(H2,19,23)/t12-,14-/m0/s1. The number of hydrogen-bond acceptors (Lipinski definition) is 4. The van der Waals surface area contributed by atoms with E-state index in [0.717, 1.165) is 29.7 Å². The topological polar surface area (TPSA) is 79.8 Å². The molecule has 2 N–H and O–H groups in total. The number of carbonyl (C=O) groups excluding carboxylic acids is 2. The molecule has 1 aliphatic heterocycles. The highest BCUT2D eigenvalue weighted by atomic mass is 16.3. The Morgan fingerprint density at radius 3 is 2.83 bits per heavy atom. The second kappa shape index (κ2) is 6.65. The summed E-state index contributed by atoms with van der Waals surface area (Å²) in [6.07, 6.45) is 0.728. The Morgan fingerprint density at radius 1 is 1.42 bits per heavy atom. The first-order chi connectivity index (χ1) is 11.5. The van der Waals surface area contributed by atoms with Gasteiger partial charge in [0.25, 0.3) is 0 Å². The van der Waals surface area contributed by atoms with Crippen LogP contribution in [0.1, 0.15) is 25.1 Å². The van der Waals surface area contributed by atoms with Crippen molar-refractivity contribution in [3.05, 3.63) is 36.1 Å². The van der Waals surface area contributed by atoms with E-state index >= 15 is 0 Å². The van der Waals surface area contributed by atoms with E-state index in [2.05, 4.69) is 0 Å². The van der Waals surface area contributed by atoms with Gasteiger partial charge in [0.05, 0.1) is 18.5 Å². The van der Waals surface area contributed by atoms with Gasteiger partial charge in [-0.2, -0.15) is 0 Å². The second-order valence-corrected chi connectivity index (χ2v) is 6.49. The lowest BCUT2D eigenvalue weighted by molar-refractivity contribution is -0.133. The van der Waals surface area contributed by atoms with Gasteiger partial charge in [-0.25, -0.2) is 0 Å². The van der Waals surface area contributed by atoms with Crippen molar-refractivity contribution < 1.29 is 14.0 Å². The maximum Gasteiger partial charge on any atom is 0.237 e. The number of carbonyl (C=O) groups is 2. The molecule has 128 valence electrons. The van der Waals surface area contributed by atoms with E-state index < -0.39 is 0 Å². The minimum Gasteiger partial charge on any atom is -0.459 e. The van der Waals surface area contributed by atoms with E-state index in [9.17, 15) is 9.59 Å². The van der Waals surface area contributed by atoms with Crippen molar-refractivity contribution in [2.24, 2.45) is 11.7 Å². The Hall–Kier alpha value is -2.34. The van der Waals surface area contributed by atoms with Gasteiger partial charge in [-0.15, -0.1) is 0 Å². The van der Waals surface area contributed by atoms with Crippen LogP contribution in [-0.2, 0) is 9.59 Å². The van der Waals surface area contributed by atoms with Crippen LogP contribution in [0.5, 0.6) is 0 Å². The molecule has 0 bridgehead atoms. The van der Waals surface area contributed by atoms with Crippen LogP contribution < -0.4 is 5.73 Å². The molecule has 2 atom stereocenters. The monoisotopic (exact) mass is 329 g/mol. The predicted octanol–water partition coefficient (Wildman–Crippen LogP) is 1.76. The molecular weight excluding hydrogens is 306 g/mol. The number of hydrogen-bond donors (Lipinski definition) is 1. The van der Waals surface area contributed by atoms with Crippen molar-refractivity contribution in [3.8, 4) is 0 Å². The number of likely N-dealkylation sites (N-methyl/N-ethyl adjacent to an activating group) is 1. The third-order valence-electron chi connectivity index (χ3n) is 4.86. The summed E-state index contributed by atoms with van der Waals surface area (Å²) >= 11 is 0. The highest BCUT2D eigenvalue weighted by molar-refractivity contribution is 5.80. The van der Waals surface area contributed by atoms with Gasteiger partial charge in [0.15, 0.2) is 0 Å². The summed E-state index contributed by atoms with van der Waals surface area (Å²) in [6.45, 7) is 3.54. The zero-order valence-electron chi connectivity index (χ0n) is 14.1. The highest BCUT2D eigenvalue weighted by Gasteiger charge is 2.29. The number of furan rings is 1. The zero-order valence-corrected chi connectivity index (χ0v) is 14.1. The van der Waals surface area contributed by atoms with Crippen LogP contribution in [-0.4, -0.2) is 48.3 Å². The van der Waals surface area contributed by atoms with Crippen molar-refractivity contribution >= 4 is 22.8 Å². The Labute approximate surface area is 141 Å². The summed E-state index contributed by atoms with van der Waals surface area (Å²) in [7, 11) is 1.78. The maximum absolute atomic E-state index is 12.5. The van der Waals surface area contributed by atoms with Gasteiger partial charge in [0.2, 0.25) is 11.8 Å². The third-order valence-corrected chi connectivity index (χ3v) is 4.86. The molecule has 1 fully saturated rings. The van der Waals surface area contributed by atoms with Gasteiger partial charge in [-0.05, 0) is 32.0 Å². The first-order valence-electron chi connectivity index (χ1n) is 8.21. The Bertz CT molecular complexity index is 722. The van der Waals surface area contributed by atoms with E-state index in [4.69, 9.17) is 10.2 Å². The number of para-hydroxylation sites is 1. The molecule has 1 saturated heterocycles. The molecule has 1 aromatic carbocycles. The van der Waals surface area contributed by atoms with Crippen LogP contribution in [0, 0.1) is 5.92 Å². The van der Waals surface area contributed by atoms with Crippen LogP contribution in [0.2, 0.25) is 0 Å². The van der Waals surface area contributed by atoms with Crippen LogP contribution in [0.25, 0.3) is 11.0 Å². The van der Waals surface area contributed by atoms with Crippen LogP contribution in [0.3, 0.4) is 0 Å². The first kappa shape index (κ1) is 16.5. The van der Waals surface area contributed by atoms with E-state index in [0.29, 0.717) is 13.1 Å². The lowest BCUT2D eigenvalue weighted by Crippen LogP contribution is -2.39. The Balaban J connectivity index is 1.63. The van der Waals surface area contributed by atoms with E-state index in [1.54, 1.807) is 11.9 Å². The third kappa shape index (κ3) is 3.28. The number of benzene rings is 1. The van der Waals surface area contributed by atoms with Crippen LogP contribution >= 0.6 is 0 Å². The molecular formula is C18H23N3O3. The summed E-state index contributed by atoms with van der Waals surface area (Å²) in [5.41, 5.74) is 6.16. The quantitative estimate of drug-likeness (QED) is 0.906. The van der Waals surface area contributed by atoms with Gasteiger partial charge in [-0.3, -0.25) is 14.5 Å². The first-order valence-corrected chi connectivity index (χ1v) is 8.21. The number of likely N-dealkylation sites (tertiary alicyclic amines) is 1. The molecule has 1 aromatic heterocycles. The van der Waals surface area contributed by atoms with Gasteiger partial charge in [0.1, 0.15) is 11.3 Å². The lowest BCUT2D eigenvalue weighted by atomic mass is 10.1. The minimum absolute atomic E-state index is 0.00748. The molecule has 0 saturated carbocycles. The van der Waals surface area contributed by atoms with Crippen LogP contribution in [0.15, 0.2) is 34.7 Å². The molecule has 1 aliphatic rings. The molecule has 6 heteroatoms. The van der Waals surface area contributed by atoms with Crippen molar-refractivity contribution in [1.82, 2.24) is 9.80 Å². The van der Waals surface area contributed by atoms with Crippen molar-refractivity contribution in [1.29, 1.82) is 0 Å². The molecule has 2 amide bonds. The molecule has 0 unspecified atom stereocenters. The Morgan fingerprint density at radius 2 is 2.17 bits per heavy atom. The van der Waals surface area contributed by atoms with E-state index in [1.807, 2.05) is 42.2 Å². The Kier molecular flexibility index (Phi) is 4.57. The summed E-state index contributed by atoms with van der Waals surface area (Å²) in [5.74, 6) is 0.349. The second-order valence-electron chi connectivity index (χ2n) is 6.49. The number of nitrogens with zero attached hydrogens (tertiary/aromatic N) is 2. The average Bonchev–Trinajstić information content (AvgIpc) is 3.19. The fraction of sp³-hybridized carbons (Fsp3) is 0.444. The van der Waals surface area contributed by atoms with Gasteiger partial charge >= 0.3 is 0 Å². The molecule has 0 spiro atoms. The minimum atomic E-state index is -0.283. The van der Waals surface area contributed by atoms with Gasteiger partial charge in [-0.1, -0.05) is 18.2 Å². The molecule has 24 heavy (non-hydrogen) atoms.